The van der Waals surface area contributed by atoms with Crippen molar-refractivity contribution in [3.8, 4) is 0 Å². The molecule has 2 saturated heterocycles. The number of carbonyl (C=O) groups excluding carboxylic acids is 2. The minimum absolute atomic E-state index is 0.00656. The Kier molecular flexibility index (Phi) is 5.12. The van der Waals surface area contributed by atoms with Crippen LogP contribution >= 0.6 is 0 Å². The van der Waals surface area contributed by atoms with Crippen molar-refractivity contribution < 1.29 is 24.0 Å². The van der Waals surface area contributed by atoms with Gasteiger partial charge in [-0.2, -0.15) is 0 Å². The summed E-state index contributed by atoms with van der Waals surface area (Å²) in [7, 11) is 1.56. The van der Waals surface area contributed by atoms with Gasteiger partial charge in [0.05, 0.1) is 0 Å². The molecule has 0 radical (unpaired) electrons. The number of amides is 1. The number of hydrogen-bond donors (Lipinski definition) is 0. The molecule has 150 valence electrons. The third-order valence-corrected chi connectivity index (χ3v) is 8.57. The summed E-state index contributed by atoms with van der Waals surface area (Å²) in [6, 6.07) is 14.4. The van der Waals surface area contributed by atoms with Crippen molar-refractivity contribution in [3.63, 3.8) is 0 Å². The number of ether oxygens (including phenoxy) is 2. The van der Waals surface area contributed by atoms with Crippen molar-refractivity contribution >= 4 is 32.5 Å². The van der Waals surface area contributed by atoms with Crippen molar-refractivity contribution in [1.29, 1.82) is 0 Å². The number of carbonyl (C=O) groups is 2. The molecule has 2 fully saturated rings. The van der Waals surface area contributed by atoms with Crippen molar-refractivity contribution in [2.24, 2.45) is 0 Å². The number of nitro benzene ring substituents is 1. The zero-order chi connectivity index (χ0) is 20.6. The molecule has 2 aliphatic rings. The fourth-order valence-electron chi connectivity index (χ4n) is 3.65. The van der Waals surface area contributed by atoms with Crippen LogP contribution in [0.15, 0.2) is 54.6 Å². The van der Waals surface area contributed by atoms with Gasteiger partial charge < -0.3 is 0 Å². The van der Waals surface area contributed by atoms with Gasteiger partial charge in [-0.15, -0.1) is 0 Å². The molecular weight excluding hydrogens is 443 g/mol. The van der Waals surface area contributed by atoms with Gasteiger partial charge in [0.2, 0.25) is 0 Å². The Labute approximate surface area is 173 Å². The zero-order valence-electron chi connectivity index (χ0n) is 15.5. The van der Waals surface area contributed by atoms with E-state index in [1.54, 1.807) is 24.1 Å². The molecule has 2 aromatic carbocycles. The van der Waals surface area contributed by atoms with E-state index in [0.717, 1.165) is 5.56 Å². The van der Waals surface area contributed by atoms with Gasteiger partial charge in [0.1, 0.15) is 0 Å². The fraction of sp³-hybridized carbons (Fsp3) is 0.300. The second-order valence-corrected chi connectivity index (χ2v) is 9.66. The van der Waals surface area contributed by atoms with Crippen molar-refractivity contribution in [2.75, 3.05) is 7.11 Å². The number of nitro groups is 1. The van der Waals surface area contributed by atoms with Crippen LogP contribution in [0.4, 0.5) is 5.69 Å². The second kappa shape index (κ2) is 7.59. The van der Waals surface area contributed by atoms with Gasteiger partial charge in [-0.05, 0) is 0 Å². The number of non-ortho nitro benzene ring substituents is 1. The standard InChI is InChI=1S/C20H18N2O6Se/c1-27-20(14-5-3-2-4-6-14)18(21-16(23)11-17(21)29-20)19(24)28-12-13-7-9-15(10-8-13)22(25)26/h2-10,17-18H,11-12H2,1H3/t17-,18+,20-/m1/s1. The number of benzene rings is 2. The Hall–Kier alpha value is -2.74. The molecule has 0 aliphatic carbocycles. The third-order valence-electron chi connectivity index (χ3n) is 5.13. The molecule has 29 heavy (non-hydrogen) atoms. The van der Waals surface area contributed by atoms with Crippen LogP contribution in [0, 0.1) is 10.1 Å². The number of esters is 1. The SMILES string of the molecule is CO[C@]1(c2ccccc2)[Se][C@@H]2CC(=O)N2[C@H]1C(=O)OCc1ccc([N+](=O)[O-])cc1. The Bertz CT molecular complexity index is 951. The van der Waals surface area contributed by atoms with Gasteiger partial charge in [0, 0.05) is 0 Å². The number of methoxy groups -OCH3 is 1. The quantitative estimate of drug-likeness (QED) is 0.214. The Morgan fingerprint density at radius 3 is 2.52 bits per heavy atom. The Morgan fingerprint density at radius 2 is 1.93 bits per heavy atom. The van der Waals surface area contributed by atoms with Gasteiger partial charge in [0.25, 0.3) is 0 Å². The molecule has 0 unspecified atom stereocenters. The maximum absolute atomic E-state index is 13.1. The van der Waals surface area contributed by atoms with Crippen molar-refractivity contribution in [3.05, 3.63) is 75.8 Å². The second-order valence-electron chi connectivity index (χ2n) is 6.75. The molecule has 0 spiro atoms. The summed E-state index contributed by atoms with van der Waals surface area (Å²) in [6.07, 6.45) is 0.421. The summed E-state index contributed by atoms with van der Waals surface area (Å²) < 4.78 is 10.5. The summed E-state index contributed by atoms with van der Waals surface area (Å²) in [4.78, 5) is 37.2. The molecular formula is C20H18N2O6Se. The van der Waals surface area contributed by atoms with Crippen LogP contribution < -0.4 is 0 Å². The van der Waals surface area contributed by atoms with E-state index < -0.39 is 21.4 Å². The van der Waals surface area contributed by atoms with Crippen LogP contribution in [0.5, 0.6) is 0 Å². The van der Waals surface area contributed by atoms with Crippen LogP contribution in [0.3, 0.4) is 0 Å². The molecule has 1 amide bonds. The van der Waals surface area contributed by atoms with Gasteiger partial charge in [-0.3, -0.25) is 0 Å². The predicted octanol–water partition coefficient (Wildman–Crippen LogP) is 1.78. The van der Waals surface area contributed by atoms with E-state index >= 15 is 0 Å². The number of hydrogen-bond acceptors (Lipinski definition) is 6. The molecule has 8 nitrogen and oxygen atoms in total. The van der Waals surface area contributed by atoms with Crippen molar-refractivity contribution in [2.45, 2.75) is 28.5 Å². The summed E-state index contributed by atoms with van der Waals surface area (Å²) in [5, 5.41) is 10.8. The zero-order valence-corrected chi connectivity index (χ0v) is 17.2. The van der Waals surface area contributed by atoms with E-state index in [1.165, 1.54) is 12.1 Å². The van der Waals surface area contributed by atoms with E-state index in [1.807, 2.05) is 30.3 Å². The molecule has 0 bridgehead atoms. The summed E-state index contributed by atoms with van der Waals surface area (Å²) in [5.41, 5.74) is 1.44. The van der Waals surface area contributed by atoms with Gasteiger partial charge in [-0.1, -0.05) is 0 Å². The molecule has 0 aromatic heterocycles. The predicted molar refractivity (Wildman–Crippen MR) is 103 cm³/mol. The number of β-lactam (4-membered cyclic amide) rings is 1. The first-order chi connectivity index (χ1) is 14.0. The van der Waals surface area contributed by atoms with Gasteiger partial charge in [0.15, 0.2) is 0 Å². The maximum atomic E-state index is 13.1. The van der Waals surface area contributed by atoms with Crippen LogP contribution in [-0.2, 0) is 30.2 Å². The summed E-state index contributed by atoms with van der Waals surface area (Å²) in [6.45, 7) is -0.0401. The summed E-state index contributed by atoms with van der Waals surface area (Å²) in [5.74, 6) is -0.615. The van der Waals surface area contributed by atoms with Crippen LogP contribution in [-0.4, -0.2) is 54.7 Å². The fourth-order valence-corrected chi connectivity index (χ4v) is 7.20. The van der Waals surface area contributed by atoms with E-state index in [4.69, 9.17) is 9.47 Å². The minimum atomic E-state index is -0.905. The van der Waals surface area contributed by atoms with Crippen LogP contribution in [0.1, 0.15) is 17.5 Å². The monoisotopic (exact) mass is 462 g/mol. The summed E-state index contributed by atoms with van der Waals surface area (Å²) >= 11 is -0.159. The van der Waals surface area contributed by atoms with E-state index in [2.05, 4.69) is 0 Å². The molecule has 0 saturated carbocycles. The van der Waals surface area contributed by atoms with Crippen molar-refractivity contribution in [1.82, 2.24) is 4.90 Å². The van der Waals surface area contributed by atoms with Crippen LogP contribution in [0.25, 0.3) is 0 Å². The first-order valence-corrected chi connectivity index (χ1v) is 10.8. The van der Waals surface area contributed by atoms with E-state index in [9.17, 15) is 19.7 Å². The van der Waals surface area contributed by atoms with Gasteiger partial charge >= 0.3 is 173 Å². The van der Waals surface area contributed by atoms with Crippen LogP contribution in [0.2, 0.25) is 0 Å². The Morgan fingerprint density at radius 1 is 1.24 bits per heavy atom. The molecule has 4 rings (SSSR count). The average molecular weight is 461 g/mol. The number of fused-ring (bicyclic) bond motifs is 1. The molecule has 2 heterocycles. The molecule has 2 aliphatic heterocycles. The van der Waals surface area contributed by atoms with Gasteiger partial charge in [-0.25, -0.2) is 0 Å². The molecule has 2 aromatic rings. The average Bonchev–Trinajstić information content (AvgIpc) is 3.02. The first kappa shape index (κ1) is 19.6. The molecule has 0 N–H and O–H groups in total. The molecule has 3 atom stereocenters. The number of nitrogens with zero attached hydrogens (tertiary/aromatic N) is 2. The topological polar surface area (TPSA) is 99.0 Å². The Balaban J connectivity index is 1.57. The van der Waals surface area contributed by atoms with E-state index in [-0.39, 0.29) is 38.1 Å². The number of rotatable bonds is 6. The van der Waals surface area contributed by atoms with E-state index in [0.29, 0.717) is 12.0 Å². The molecule has 9 heteroatoms. The first-order valence-electron chi connectivity index (χ1n) is 8.96. The normalized spacial score (nSPS) is 25.3. The third kappa shape index (κ3) is 3.31.